The lowest BCUT2D eigenvalue weighted by molar-refractivity contribution is 0.370. The summed E-state index contributed by atoms with van der Waals surface area (Å²) in [7, 11) is 0. The molecule has 0 radical (unpaired) electrons. The second kappa shape index (κ2) is 4.08. The van der Waals surface area contributed by atoms with Gasteiger partial charge >= 0.3 is 0 Å². The molecule has 0 bridgehead atoms. The molecule has 1 fully saturated rings. The van der Waals surface area contributed by atoms with E-state index in [0.717, 1.165) is 12.0 Å². The highest BCUT2D eigenvalue weighted by molar-refractivity contribution is 8.00. The predicted molar refractivity (Wildman–Crippen MR) is 69.8 cm³/mol. The van der Waals surface area contributed by atoms with Crippen LogP contribution >= 0.6 is 11.8 Å². The quantitative estimate of drug-likeness (QED) is 0.837. The molecule has 0 amide bonds. The first kappa shape index (κ1) is 10.7. The number of nitrogens with one attached hydrogen (secondary N) is 1. The highest BCUT2D eigenvalue weighted by Gasteiger charge is 2.35. The van der Waals surface area contributed by atoms with Crippen molar-refractivity contribution in [3.8, 4) is 0 Å². The zero-order valence-electron chi connectivity index (χ0n) is 9.94. The second-order valence-corrected chi connectivity index (χ2v) is 6.56. The number of thioether (sulfide) groups is 1. The minimum absolute atomic E-state index is 0.569. The molecule has 3 unspecified atom stereocenters. The van der Waals surface area contributed by atoms with Crippen LogP contribution in [-0.4, -0.2) is 11.3 Å². The van der Waals surface area contributed by atoms with Crippen LogP contribution in [-0.2, 0) is 0 Å². The molecule has 1 aliphatic heterocycles. The van der Waals surface area contributed by atoms with Crippen LogP contribution in [0, 0.1) is 5.92 Å². The third-order valence-corrected chi connectivity index (χ3v) is 5.25. The Bertz CT molecular complexity index is 386. The Morgan fingerprint density at radius 2 is 1.94 bits per heavy atom. The topological polar surface area (TPSA) is 12.0 Å². The van der Waals surface area contributed by atoms with Crippen molar-refractivity contribution >= 4 is 11.8 Å². The van der Waals surface area contributed by atoms with Crippen LogP contribution in [0.1, 0.15) is 38.3 Å². The molecule has 1 aromatic rings. The molecule has 3 rings (SSSR count). The van der Waals surface area contributed by atoms with Gasteiger partial charge in [-0.2, -0.15) is 0 Å². The molecule has 1 nitrogen and oxygen atoms in total. The maximum Gasteiger partial charge on any atom is 0.0370 e. The van der Waals surface area contributed by atoms with E-state index in [9.17, 15) is 0 Å². The molecule has 3 atom stereocenters. The summed E-state index contributed by atoms with van der Waals surface area (Å²) in [4.78, 5) is 1.48. The van der Waals surface area contributed by atoms with Crippen molar-refractivity contribution in [2.75, 3.05) is 0 Å². The van der Waals surface area contributed by atoms with E-state index in [2.05, 4.69) is 43.4 Å². The van der Waals surface area contributed by atoms with Gasteiger partial charge < -0.3 is 5.32 Å². The van der Waals surface area contributed by atoms with Gasteiger partial charge in [0.2, 0.25) is 0 Å². The first-order valence-electron chi connectivity index (χ1n) is 6.27. The van der Waals surface area contributed by atoms with E-state index in [-0.39, 0.29) is 0 Å². The first-order chi connectivity index (χ1) is 7.75. The third-order valence-electron chi connectivity index (χ3n) is 3.83. The maximum atomic E-state index is 3.82. The highest BCUT2D eigenvalue weighted by atomic mass is 32.2. The van der Waals surface area contributed by atoms with Crippen LogP contribution in [0.25, 0.3) is 0 Å². The van der Waals surface area contributed by atoms with Crippen LogP contribution in [0.4, 0.5) is 0 Å². The molecular weight excluding hydrogens is 214 g/mol. The normalized spacial score (nSPS) is 33.5. The van der Waals surface area contributed by atoms with Gasteiger partial charge in [0.25, 0.3) is 0 Å². The van der Waals surface area contributed by atoms with Gasteiger partial charge in [-0.3, -0.25) is 0 Å². The molecule has 86 valence electrons. The Hall–Kier alpha value is -0.470. The zero-order valence-corrected chi connectivity index (χ0v) is 10.8. The van der Waals surface area contributed by atoms with E-state index < -0.39 is 0 Å². The fraction of sp³-hybridized carbons (Fsp3) is 0.571. The van der Waals surface area contributed by atoms with E-state index in [1.807, 2.05) is 11.8 Å². The largest absolute Gasteiger partial charge is 0.307 e. The Morgan fingerprint density at radius 1 is 1.19 bits per heavy atom. The van der Waals surface area contributed by atoms with Gasteiger partial charge in [-0.25, -0.2) is 0 Å². The molecule has 1 heterocycles. The van der Waals surface area contributed by atoms with Crippen molar-refractivity contribution in [2.24, 2.45) is 5.92 Å². The molecule has 1 saturated carbocycles. The molecule has 1 N–H and O–H groups in total. The molecule has 0 spiro atoms. The minimum atomic E-state index is 0.569. The lowest BCUT2D eigenvalue weighted by Gasteiger charge is -2.36. The van der Waals surface area contributed by atoms with Crippen LogP contribution < -0.4 is 5.32 Å². The van der Waals surface area contributed by atoms with E-state index in [0.29, 0.717) is 11.3 Å². The van der Waals surface area contributed by atoms with E-state index >= 15 is 0 Å². The van der Waals surface area contributed by atoms with Gasteiger partial charge in [-0.05, 0) is 30.4 Å². The summed E-state index contributed by atoms with van der Waals surface area (Å²) in [6.07, 6.45) is 2.74. The lowest BCUT2D eigenvalue weighted by Crippen LogP contribution is -2.35. The summed E-state index contributed by atoms with van der Waals surface area (Å²) in [6, 6.07) is 10.2. The Morgan fingerprint density at radius 3 is 2.69 bits per heavy atom. The minimum Gasteiger partial charge on any atom is -0.307 e. The monoisotopic (exact) mass is 233 g/mol. The molecule has 1 aromatic carbocycles. The van der Waals surface area contributed by atoms with Gasteiger partial charge in [-0.15, -0.1) is 11.8 Å². The number of hydrogen-bond donors (Lipinski definition) is 1. The number of fused-ring (bicyclic) bond motifs is 1. The molecular formula is C14H19NS. The highest BCUT2D eigenvalue weighted by Crippen LogP contribution is 2.45. The van der Waals surface area contributed by atoms with Crippen molar-refractivity contribution in [1.29, 1.82) is 0 Å². The fourth-order valence-corrected chi connectivity index (χ4v) is 3.71. The van der Waals surface area contributed by atoms with Crippen LogP contribution in [0.2, 0.25) is 0 Å². The molecule has 16 heavy (non-hydrogen) atoms. The van der Waals surface area contributed by atoms with Crippen molar-refractivity contribution in [1.82, 2.24) is 5.32 Å². The van der Waals surface area contributed by atoms with Crippen LogP contribution in [0.15, 0.2) is 29.2 Å². The number of benzene rings is 1. The third kappa shape index (κ3) is 1.89. The maximum absolute atomic E-state index is 3.82. The lowest BCUT2D eigenvalue weighted by atomic mass is 9.91. The van der Waals surface area contributed by atoms with Crippen molar-refractivity contribution in [2.45, 2.75) is 48.9 Å². The molecule has 2 aliphatic rings. The average Bonchev–Trinajstić information content (AvgIpc) is 3.08. The summed E-state index contributed by atoms with van der Waals surface area (Å²) in [6.45, 7) is 4.74. The van der Waals surface area contributed by atoms with Gasteiger partial charge in [0.15, 0.2) is 0 Å². The predicted octanol–water partition coefficient (Wildman–Crippen LogP) is 3.61. The van der Waals surface area contributed by atoms with E-state index in [1.54, 1.807) is 0 Å². The van der Waals surface area contributed by atoms with Crippen molar-refractivity contribution in [3.63, 3.8) is 0 Å². The standard InChI is InChI=1S/C14H19NS/c1-9-10(2)16-13-6-4-3-5-12(13)14(9)15-11-7-8-11/h3-6,9-11,14-15H,7-8H2,1-2H3. The molecule has 0 saturated heterocycles. The van der Waals surface area contributed by atoms with Gasteiger partial charge in [0.1, 0.15) is 0 Å². The van der Waals surface area contributed by atoms with Crippen molar-refractivity contribution in [3.05, 3.63) is 29.8 Å². The summed E-state index contributed by atoms with van der Waals surface area (Å²) >= 11 is 2.03. The number of hydrogen-bond acceptors (Lipinski definition) is 2. The van der Waals surface area contributed by atoms with Gasteiger partial charge in [-0.1, -0.05) is 32.0 Å². The molecule has 0 aromatic heterocycles. The van der Waals surface area contributed by atoms with E-state index in [4.69, 9.17) is 0 Å². The SMILES string of the molecule is CC1Sc2ccccc2C(NC2CC2)C1C. The van der Waals surface area contributed by atoms with Crippen LogP contribution in [0.5, 0.6) is 0 Å². The Labute approximate surface area is 102 Å². The Balaban J connectivity index is 1.93. The van der Waals surface area contributed by atoms with Crippen molar-refractivity contribution < 1.29 is 0 Å². The van der Waals surface area contributed by atoms with Gasteiger partial charge in [0.05, 0.1) is 0 Å². The van der Waals surface area contributed by atoms with Crippen LogP contribution in [0.3, 0.4) is 0 Å². The summed E-state index contributed by atoms with van der Waals surface area (Å²) < 4.78 is 0. The average molecular weight is 233 g/mol. The van der Waals surface area contributed by atoms with Gasteiger partial charge in [0, 0.05) is 22.2 Å². The van der Waals surface area contributed by atoms with E-state index in [1.165, 1.54) is 23.3 Å². The molecule has 2 heteroatoms. The smallest absolute Gasteiger partial charge is 0.0370 e. The first-order valence-corrected chi connectivity index (χ1v) is 7.15. The Kier molecular flexibility index (Phi) is 2.72. The zero-order chi connectivity index (χ0) is 11.1. The summed E-state index contributed by atoms with van der Waals surface area (Å²) in [5.41, 5.74) is 1.52. The fourth-order valence-electron chi connectivity index (χ4n) is 2.45. The summed E-state index contributed by atoms with van der Waals surface area (Å²) in [5.74, 6) is 0.723. The second-order valence-electron chi connectivity index (χ2n) is 5.14. The number of rotatable bonds is 2. The molecule has 1 aliphatic carbocycles. The summed E-state index contributed by atoms with van der Waals surface area (Å²) in [5, 5.41) is 4.53.